The Labute approximate surface area is 137 Å². The van der Waals surface area contributed by atoms with Crippen LogP contribution in [0, 0.1) is 24.0 Å². The summed E-state index contributed by atoms with van der Waals surface area (Å²) in [7, 11) is 1.74. The Hall–Kier alpha value is -3.16. The number of hydrogen-bond acceptors (Lipinski definition) is 5. The third-order valence-corrected chi connectivity index (χ3v) is 4.13. The number of hydrogen-bond donors (Lipinski definition) is 2. The van der Waals surface area contributed by atoms with Gasteiger partial charge in [0.1, 0.15) is 5.69 Å². The highest BCUT2D eigenvalue weighted by molar-refractivity contribution is 5.80. The molecule has 2 N–H and O–H groups in total. The SMILES string of the molecule is Cc1nc2c(c(C)c1CNc1ccccc1[N+](=O)[O-])c(=O)[nH]n2C. The Morgan fingerprint density at radius 1 is 1.33 bits per heavy atom. The smallest absolute Gasteiger partial charge is 0.292 e. The van der Waals surface area contributed by atoms with Gasteiger partial charge < -0.3 is 5.32 Å². The lowest BCUT2D eigenvalue weighted by Gasteiger charge is -2.12. The minimum atomic E-state index is -0.425. The second kappa shape index (κ2) is 5.80. The number of nitrogens with zero attached hydrogens (tertiary/aromatic N) is 3. The molecule has 24 heavy (non-hydrogen) atoms. The number of aromatic nitrogens is 3. The fourth-order valence-electron chi connectivity index (χ4n) is 2.87. The molecule has 2 heterocycles. The van der Waals surface area contributed by atoms with E-state index < -0.39 is 4.92 Å². The molecule has 0 aliphatic heterocycles. The predicted molar refractivity (Wildman–Crippen MR) is 91.2 cm³/mol. The van der Waals surface area contributed by atoms with Gasteiger partial charge in [-0.15, -0.1) is 0 Å². The lowest BCUT2D eigenvalue weighted by atomic mass is 10.0. The molecule has 3 rings (SSSR count). The van der Waals surface area contributed by atoms with Crippen molar-refractivity contribution in [2.45, 2.75) is 20.4 Å². The van der Waals surface area contributed by atoms with E-state index in [0.29, 0.717) is 23.3 Å². The van der Waals surface area contributed by atoms with Crippen molar-refractivity contribution in [1.29, 1.82) is 0 Å². The number of aryl methyl sites for hydroxylation is 3. The van der Waals surface area contributed by atoms with Gasteiger partial charge in [-0.1, -0.05) is 12.1 Å². The molecule has 0 unspecified atom stereocenters. The maximum atomic E-state index is 12.1. The summed E-state index contributed by atoms with van der Waals surface area (Å²) in [6.45, 7) is 4.07. The maximum absolute atomic E-state index is 12.1. The molecule has 0 saturated carbocycles. The number of nitro benzene ring substituents is 1. The first-order valence-electron chi connectivity index (χ1n) is 7.42. The molecule has 124 valence electrons. The highest BCUT2D eigenvalue weighted by Crippen LogP contribution is 2.26. The summed E-state index contributed by atoms with van der Waals surface area (Å²) in [5.41, 5.74) is 3.32. The minimum Gasteiger partial charge on any atom is -0.375 e. The quantitative estimate of drug-likeness (QED) is 0.565. The van der Waals surface area contributed by atoms with E-state index in [0.717, 1.165) is 16.8 Å². The Morgan fingerprint density at radius 2 is 2.04 bits per heavy atom. The summed E-state index contributed by atoms with van der Waals surface area (Å²) < 4.78 is 1.59. The topological polar surface area (TPSA) is 106 Å². The van der Waals surface area contributed by atoms with Gasteiger partial charge in [-0.05, 0) is 31.0 Å². The molecular formula is C16H17N5O3. The molecule has 0 fully saturated rings. The number of nitrogens with one attached hydrogen (secondary N) is 2. The number of nitro groups is 1. The van der Waals surface area contributed by atoms with Crippen LogP contribution in [0.5, 0.6) is 0 Å². The van der Waals surface area contributed by atoms with Crippen LogP contribution in [0.3, 0.4) is 0 Å². The zero-order valence-corrected chi connectivity index (χ0v) is 13.6. The van der Waals surface area contributed by atoms with Crippen LogP contribution in [0.1, 0.15) is 16.8 Å². The molecule has 0 amide bonds. The molecule has 2 aromatic heterocycles. The highest BCUT2D eigenvalue weighted by atomic mass is 16.6. The Kier molecular flexibility index (Phi) is 3.80. The highest BCUT2D eigenvalue weighted by Gasteiger charge is 2.17. The van der Waals surface area contributed by atoms with Crippen molar-refractivity contribution < 1.29 is 4.92 Å². The van der Waals surface area contributed by atoms with E-state index in [2.05, 4.69) is 15.4 Å². The number of fused-ring (bicyclic) bond motifs is 1. The molecule has 0 spiro atoms. The van der Waals surface area contributed by atoms with E-state index in [1.165, 1.54) is 6.07 Å². The summed E-state index contributed by atoms with van der Waals surface area (Å²) in [5, 5.41) is 17.4. The lowest BCUT2D eigenvalue weighted by molar-refractivity contribution is -0.384. The van der Waals surface area contributed by atoms with Gasteiger partial charge in [0.2, 0.25) is 0 Å². The average molecular weight is 327 g/mol. The number of pyridine rings is 1. The molecule has 0 saturated heterocycles. The van der Waals surface area contributed by atoms with E-state index in [1.54, 1.807) is 29.9 Å². The predicted octanol–water partition coefficient (Wildman–Crippen LogP) is 2.40. The van der Waals surface area contributed by atoms with Gasteiger partial charge in [0.15, 0.2) is 5.65 Å². The van der Waals surface area contributed by atoms with E-state index >= 15 is 0 Å². The van der Waals surface area contributed by atoms with Gasteiger partial charge in [0, 0.05) is 25.4 Å². The van der Waals surface area contributed by atoms with Crippen molar-refractivity contribution in [3.05, 3.63) is 61.6 Å². The van der Waals surface area contributed by atoms with E-state index in [1.807, 2.05) is 13.8 Å². The summed E-state index contributed by atoms with van der Waals surface area (Å²) in [4.78, 5) is 27.2. The van der Waals surface area contributed by atoms with Crippen LogP contribution in [0.4, 0.5) is 11.4 Å². The average Bonchev–Trinajstić information content (AvgIpc) is 2.81. The standard InChI is InChI=1S/C16H17N5O3/c1-9-11(8-17-12-6-4-5-7-13(12)21(23)24)10(2)18-15-14(9)16(22)19-20(15)3/h4-7,17H,8H2,1-3H3,(H,19,22). The first-order chi connectivity index (χ1) is 11.4. The summed E-state index contributed by atoms with van der Waals surface area (Å²) in [6.07, 6.45) is 0. The lowest BCUT2D eigenvalue weighted by Crippen LogP contribution is -2.09. The second-order valence-corrected chi connectivity index (χ2v) is 5.63. The van der Waals surface area contributed by atoms with Crippen molar-refractivity contribution in [2.75, 3.05) is 5.32 Å². The Morgan fingerprint density at radius 3 is 2.75 bits per heavy atom. The summed E-state index contributed by atoms with van der Waals surface area (Å²) in [6, 6.07) is 6.46. The van der Waals surface area contributed by atoms with Gasteiger partial charge >= 0.3 is 0 Å². The van der Waals surface area contributed by atoms with Gasteiger partial charge in [0.25, 0.3) is 11.2 Å². The normalized spacial score (nSPS) is 11.0. The minimum absolute atomic E-state index is 0.0133. The third-order valence-electron chi connectivity index (χ3n) is 4.13. The molecule has 0 aliphatic rings. The van der Waals surface area contributed by atoms with E-state index in [4.69, 9.17) is 0 Å². The molecule has 0 aliphatic carbocycles. The first kappa shape index (κ1) is 15.7. The van der Waals surface area contributed by atoms with Gasteiger partial charge in [-0.2, -0.15) is 0 Å². The monoisotopic (exact) mass is 327 g/mol. The largest absolute Gasteiger partial charge is 0.375 e. The number of para-hydroxylation sites is 2. The molecule has 8 heteroatoms. The Balaban J connectivity index is 2.01. The summed E-state index contributed by atoms with van der Waals surface area (Å²) in [5.74, 6) is 0. The zero-order chi connectivity index (χ0) is 17.4. The van der Waals surface area contributed by atoms with Crippen LogP contribution >= 0.6 is 0 Å². The third kappa shape index (κ3) is 2.51. The molecular weight excluding hydrogens is 310 g/mol. The van der Waals surface area contributed by atoms with Crippen LogP contribution in [0.15, 0.2) is 29.1 Å². The first-order valence-corrected chi connectivity index (χ1v) is 7.42. The van der Waals surface area contributed by atoms with Gasteiger partial charge in [-0.25, -0.2) is 4.98 Å². The molecule has 0 atom stereocenters. The van der Waals surface area contributed by atoms with E-state index in [-0.39, 0.29) is 11.2 Å². The Bertz CT molecular complexity index is 1000. The van der Waals surface area contributed by atoms with Crippen LogP contribution in [-0.4, -0.2) is 19.7 Å². The van der Waals surface area contributed by atoms with Crippen LogP contribution in [0.25, 0.3) is 11.0 Å². The summed E-state index contributed by atoms with van der Waals surface area (Å²) >= 11 is 0. The van der Waals surface area contributed by atoms with Crippen molar-refractivity contribution in [1.82, 2.24) is 14.8 Å². The zero-order valence-electron chi connectivity index (χ0n) is 13.6. The van der Waals surface area contributed by atoms with Gasteiger partial charge in [0.05, 0.1) is 10.3 Å². The number of anilines is 1. The van der Waals surface area contributed by atoms with Crippen molar-refractivity contribution >= 4 is 22.4 Å². The number of benzene rings is 1. The molecule has 3 aromatic rings. The van der Waals surface area contributed by atoms with Crippen LogP contribution in [0.2, 0.25) is 0 Å². The fraction of sp³-hybridized carbons (Fsp3) is 0.250. The second-order valence-electron chi connectivity index (χ2n) is 5.63. The number of rotatable bonds is 4. The van der Waals surface area contributed by atoms with Crippen LogP contribution in [-0.2, 0) is 13.6 Å². The molecule has 1 aromatic carbocycles. The number of H-pyrrole nitrogens is 1. The van der Waals surface area contributed by atoms with Crippen molar-refractivity contribution in [2.24, 2.45) is 7.05 Å². The fourth-order valence-corrected chi connectivity index (χ4v) is 2.87. The molecule has 0 radical (unpaired) electrons. The number of aromatic amines is 1. The van der Waals surface area contributed by atoms with Gasteiger partial charge in [-0.3, -0.25) is 24.7 Å². The molecule has 8 nitrogen and oxygen atoms in total. The van der Waals surface area contributed by atoms with Crippen LogP contribution < -0.4 is 10.9 Å². The van der Waals surface area contributed by atoms with Crippen molar-refractivity contribution in [3.8, 4) is 0 Å². The maximum Gasteiger partial charge on any atom is 0.292 e. The van der Waals surface area contributed by atoms with E-state index in [9.17, 15) is 14.9 Å². The molecule has 0 bridgehead atoms. The van der Waals surface area contributed by atoms with Crippen molar-refractivity contribution in [3.63, 3.8) is 0 Å².